The second-order valence-electron chi connectivity index (χ2n) is 4.00. The molecule has 0 heterocycles. The zero-order valence-electron chi connectivity index (χ0n) is 10.8. The van der Waals surface area contributed by atoms with E-state index in [9.17, 15) is 4.39 Å². The van der Waals surface area contributed by atoms with E-state index in [1.54, 1.807) is 25.2 Å². The van der Waals surface area contributed by atoms with Crippen LogP contribution in [0, 0.1) is 22.6 Å². The monoisotopic (exact) mass is 269 g/mol. The van der Waals surface area contributed by atoms with Gasteiger partial charge in [-0.15, -0.1) is 0 Å². The number of ether oxygens (including phenoxy) is 1. The molecule has 0 radical (unpaired) electrons. The van der Waals surface area contributed by atoms with Crippen LogP contribution in [0.1, 0.15) is 11.1 Å². The van der Waals surface area contributed by atoms with Crippen molar-refractivity contribution in [1.29, 1.82) is 10.7 Å². The van der Waals surface area contributed by atoms with Crippen LogP contribution in [0.5, 0.6) is 11.5 Å². The van der Waals surface area contributed by atoms with E-state index in [1.165, 1.54) is 18.3 Å². The zero-order valence-corrected chi connectivity index (χ0v) is 10.8. The van der Waals surface area contributed by atoms with Crippen LogP contribution in [0.15, 0.2) is 36.4 Å². The number of rotatable bonds is 4. The molecule has 2 aromatic carbocycles. The molecule has 0 fully saturated rings. The Morgan fingerprint density at radius 1 is 1.30 bits per heavy atom. The Morgan fingerprint density at radius 3 is 2.75 bits per heavy atom. The number of hydrogen-bond acceptors (Lipinski definition) is 4. The van der Waals surface area contributed by atoms with Crippen molar-refractivity contribution in [1.82, 2.24) is 0 Å². The van der Waals surface area contributed by atoms with Gasteiger partial charge in [-0.05, 0) is 36.4 Å². The topological polar surface area (TPSA) is 68.9 Å². The molecule has 0 aromatic heterocycles. The second kappa shape index (κ2) is 5.85. The Morgan fingerprint density at radius 2 is 2.10 bits per heavy atom. The van der Waals surface area contributed by atoms with Gasteiger partial charge in [0, 0.05) is 24.5 Å². The lowest BCUT2D eigenvalue weighted by Crippen LogP contribution is -1.96. The van der Waals surface area contributed by atoms with E-state index < -0.39 is 5.82 Å². The van der Waals surface area contributed by atoms with Crippen LogP contribution in [-0.2, 0) is 0 Å². The summed E-state index contributed by atoms with van der Waals surface area (Å²) in [5.74, 6) is 0.271. The lowest BCUT2D eigenvalue weighted by Gasteiger charge is -2.10. The third kappa shape index (κ3) is 2.75. The van der Waals surface area contributed by atoms with E-state index in [0.717, 1.165) is 11.8 Å². The van der Waals surface area contributed by atoms with Gasteiger partial charge in [0.25, 0.3) is 0 Å². The summed E-state index contributed by atoms with van der Waals surface area (Å²) in [4.78, 5) is 0. The SMILES string of the molecule is CNc1ccc(Oc2ccc(F)cc2C#N)cc1C=N. The van der Waals surface area contributed by atoms with E-state index in [4.69, 9.17) is 15.4 Å². The first-order valence-corrected chi connectivity index (χ1v) is 5.87. The van der Waals surface area contributed by atoms with E-state index in [0.29, 0.717) is 11.3 Å². The van der Waals surface area contributed by atoms with Gasteiger partial charge in [-0.2, -0.15) is 5.26 Å². The third-order valence-electron chi connectivity index (χ3n) is 2.74. The number of nitriles is 1. The normalized spacial score (nSPS) is 9.65. The maximum Gasteiger partial charge on any atom is 0.145 e. The minimum atomic E-state index is -0.486. The van der Waals surface area contributed by atoms with Crippen LogP contribution in [-0.4, -0.2) is 13.3 Å². The molecule has 2 aromatic rings. The van der Waals surface area contributed by atoms with E-state index >= 15 is 0 Å². The van der Waals surface area contributed by atoms with Crippen LogP contribution >= 0.6 is 0 Å². The Bertz CT molecular complexity index is 692. The molecule has 100 valence electrons. The fourth-order valence-electron chi connectivity index (χ4n) is 1.76. The summed E-state index contributed by atoms with van der Waals surface area (Å²) in [6.07, 6.45) is 1.20. The Hall–Kier alpha value is -2.87. The highest BCUT2D eigenvalue weighted by Crippen LogP contribution is 2.28. The van der Waals surface area contributed by atoms with Crippen molar-refractivity contribution in [3.63, 3.8) is 0 Å². The van der Waals surface area contributed by atoms with Gasteiger partial charge >= 0.3 is 0 Å². The second-order valence-corrected chi connectivity index (χ2v) is 4.00. The largest absolute Gasteiger partial charge is 0.456 e. The highest BCUT2D eigenvalue weighted by atomic mass is 19.1. The Balaban J connectivity index is 2.36. The van der Waals surface area contributed by atoms with Crippen molar-refractivity contribution in [2.75, 3.05) is 12.4 Å². The molecule has 0 bridgehead atoms. The first-order chi connectivity index (χ1) is 9.67. The van der Waals surface area contributed by atoms with Gasteiger partial charge in [0.15, 0.2) is 0 Å². The molecule has 5 heteroatoms. The molecule has 0 amide bonds. The standard InChI is InChI=1S/C15H12FN3O/c1-19-14-4-3-13(7-10(14)8-17)20-15-5-2-12(16)6-11(15)9-18/h2-8,17,19H,1H3. The quantitative estimate of drug-likeness (QED) is 0.834. The Labute approximate surface area is 115 Å². The van der Waals surface area contributed by atoms with Crippen molar-refractivity contribution >= 4 is 11.9 Å². The van der Waals surface area contributed by atoms with Crippen LogP contribution in [0.4, 0.5) is 10.1 Å². The van der Waals surface area contributed by atoms with Gasteiger partial charge in [0.1, 0.15) is 23.4 Å². The molecule has 2 rings (SSSR count). The molecule has 0 unspecified atom stereocenters. The van der Waals surface area contributed by atoms with Crippen LogP contribution in [0.3, 0.4) is 0 Å². The number of nitrogens with one attached hydrogen (secondary N) is 2. The van der Waals surface area contributed by atoms with Crippen LogP contribution in [0.25, 0.3) is 0 Å². The summed E-state index contributed by atoms with van der Waals surface area (Å²) in [5.41, 5.74) is 1.58. The molecule has 0 atom stereocenters. The lowest BCUT2D eigenvalue weighted by atomic mass is 10.1. The Kier molecular flexibility index (Phi) is 3.96. The minimum Gasteiger partial charge on any atom is -0.456 e. The fraction of sp³-hybridized carbons (Fsp3) is 0.0667. The molecular weight excluding hydrogens is 257 g/mol. The smallest absolute Gasteiger partial charge is 0.145 e. The fourth-order valence-corrected chi connectivity index (χ4v) is 1.76. The summed E-state index contributed by atoms with van der Waals surface area (Å²) >= 11 is 0. The molecule has 0 spiro atoms. The maximum atomic E-state index is 13.0. The summed E-state index contributed by atoms with van der Waals surface area (Å²) in [6.45, 7) is 0. The molecule has 0 aliphatic heterocycles. The summed E-state index contributed by atoms with van der Waals surface area (Å²) in [5, 5.41) is 19.3. The molecule has 0 aliphatic rings. The predicted octanol–water partition coefficient (Wildman–Crippen LogP) is 3.53. The van der Waals surface area contributed by atoms with E-state index in [1.807, 2.05) is 6.07 Å². The number of nitrogens with zero attached hydrogens (tertiary/aromatic N) is 1. The van der Waals surface area contributed by atoms with Gasteiger partial charge in [0.2, 0.25) is 0 Å². The summed E-state index contributed by atoms with van der Waals surface area (Å²) in [7, 11) is 1.76. The molecule has 4 nitrogen and oxygen atoms in total. The number of halogens is 1. The highest BCUT2D eigenvalue weighted by molar-refractivity contribution is 5.86. The molecule has 20 heavy (non-hydrogen) atoms. The third-order valence-corrected chi connectivity index (χ3v) is 2.74. The van der Waals surface area contributed by atoms with Gasteiger partial charge < -0.3 is 15.5 Å². The van der Waals surface area contributed by atoms with Crippen molar-refractivity contribution in [3.8, 4) is 17.6 Å². The molecule has 0 saturated carbocycles. The lowest BCUT2D eigenvalue weighted by molar-refractivity contribution is 0.479. The number of benzene rings is 2. The van der Waals surface area contributed by atoms with Crippen molar-refractivity contribution in [2.24, 2.45) is 0 Å². The first kappa shape index (κ1) is 13.6. The van der Waals surface area contributed by atoms with E-state index in [2.05, 4.69) is 5.32 Å². The average Bonchev–Trinajstić information content (AvgIpc) is 2.48. The van der Waals surface area contributed by atoms with Gasteiger partial charge in [-0.3, -0.25) is 0 Å². The molecule has 0 aliphatic carbocycles. The van der Waals surface area contributed by atoms with Gasteiger partial charge in [0.05, 0.1) is 5.56 Å². The predicted molar refractivity (Wildman–Crippen MR) is 75.1 cm³/mol. The number of hydrogen-bond donors (Lipinski definition) is 2. The van der Waals surface area contributed by atoms with Crippen LogP contribution < -0.4 is 10.1 Å². The first-order valence-electron chi connectivity index (χ1n) is 5.87. The summed E-state index contributed by atoms with van der Waals surface area (Å²) < 4.78 is 18.6. The zero-order chi connectivity index (χ0) is 14.5. The van der Waals surface area contributed by atoms with Crippen molar-refractivity contribution < 1.29 is 9.13 Å². The molecule has 2 N–H and O–H groups in total. The number of anilines is 1. The maximum absolute atomic E-state index is 13.0. The van der Waals surface area contributed by atoms with Crippen molar-refractivity contribution in [3.05, 3.63) is 53.3 Å². The average molecular weight is 269 g/mol. The highest BCUT2D eigenvalue weighted by Gasteiger charge is 2.07. The minimum absolute atomic E-state index is 0.124. The molecule has 0 saturated heterocycles. The van der Waals surface area contributed by atoms with Crippen LogP contribution in [0.2, 0.25) is 0 Å². The van der Waals surface area contributed by atoms with Crippen molar-refractivity contribution in [2.45, 2.75) is 0 Å². The summed E-state index contributed by atoms with van der Waals surface area (Å²) in [6, 6.07) is 10.8. The molecular formula is C15H12FN3O. The van der Waals surface area contributed by atoms with Gasteiger partial charge in [-0.1, -0.05) is 0 Å². The van der Waals surface area contributed by atoms with Gasteiger partial charge in [-0.25, -0.2) is 4.39 Å². The van der Waals surface area contributed by atoms with E-state index in [-0.39, 0.29) is 11.3 Å².